The summed E-state index contributed by atoms with van der Waals surface area (Å²) < 4.78 is 0. The van der Waals surface area contributed by atoms with Gasteiger partial charge in [0.15, 0.2) is 5.82 Å². The highest BCUT2D eigenvalue weighted by Crippen LogP contribution is 2.15. The fraction of sp³-hybridized carbons (Fsp3) is 0.214. The predicted octanol–water partition coefficient (Wildman–Crippen LogP) is 2.55. The van der Waals surface area contributed by atoms with Gasteiger partial charge in [-0.2, -0.15) is 0 Å². The lowest BCUT2D eigenvalue weighted by Gasteiger charge is -1.96. The highest BCUT2D eigenvalue weighted by molar-refractivity contribution is 6.30. The van der Waals surface area contributed by atoms with Gasteiger partial charge in [-0.25, -0.2) is 0 Å². The van der Waals surface area contributed by atoms with Crippen LogP contribution in [0.2, 0.25) is 5.02 Å². The molecule has 102 valence electrons. The third-order valence-corrected chi connectivity index (χ3v) is 3.28. The number of nitrogens with zero attached hydrogens (tertiary/aromatic N) is 5. The van der Waals surface area contributed by atoms with E-state index in [1.807, 2.05) is 30.4 Å². The zero-order valence-corrected chi connectivity index (χ0v) is 11.8. The molecule has 2 heterocycles. The van der Waals surface area contributed by atoms with Crippen molar-refractivity contribution in [3.05, 3.63) is 53.5 Å². The van der Waals surface area contributed by atoms with Crippen molar-refractivity contribution in [2.75, 3.05) is 6.54 Å². The largest absolute Gasteiger partial charge is 0.371 e. The molecule has 20 heavy (non-hydrogen) atoms. The second kappa shape index (κ2) is 5.46. The molecule has 1 fully saturated rings. The van der Waals surface area contributed by atoms with Gasteiger partial charge in [-0.05, 0) is 54.8 Å². The molecule has 1 unspecified atom stereocenters. The van der Waals surface area contributed by atoms with Crippen LogP contribution in [0.15, 0.2) is 42.6 Å². The van der Waals surface area contributed by atoms with Gasteiger partial charge in [0.2, 0.25) is 0 Å². The Kier molecular flexibility index (Phi) is 3.52. The molecule has 1 aromatic carbocycles. The minimum Gasteiger partial charge on any atom is -0.371 e. The molecular formula is C14H14ClN5. The number of rotatable bonds is 4. The molecule has 0 aliphatic carbocycles. The molecule has 6 heteroatoms. The fourth-order valence-corrected chi connectivity index (χ4v) is 1.87. The quantitative estimate of drug-likeness (QED) is 0.640. The SMILES string of the molecule is CC1CN1/C=C\C=C/c1nnn(-c2ccc(Cl)cc2)n1. The lowest BCUT2D eigenvalue weighted by atomic mass is 10.3. The Hall–Kier alpha value is -2.14. The van der Waals surface area contributed by atoms with E-state index in [1.54, 1.807) is 12.1 Å². The Morgan fingerprint density at radius 2 is 2.00 bits per heavy atom. The van der Waals surface area contributed by atoms with Gasteiger partial charge in [0.05, 0.1) is 5.69 Å². The maximum absolute atomic E-state index is 5.84. The molecule has 0 N–H and O–H groups in total. The average Bonchev–Trinajstić information content (AvgIpc) is 2.96. The second-order valence-corrected chi connectivity index (χ2v) is 5.10. The number of hydrogen-bond acceptors (Lipinski definition) is 4. The highest BCUT2D eigenvalue weighted by Gasteiger charge is 2.24. The first kappa shape index (κ1) is 12.9. The van der Waals surface area contributed by atoms with E-state index in [0.717, 1.165) is 12.2 Å². The zero-order valence-electron chi connectivity index (χ0n) is 11.0. The first-order valence-corrected chi connectivity index (χ1v) is 6.77. The minimum absolute atomic E-state index is 0.573. The van der Waals surface area contributed by atoms with Gasteiger partial charge in [-0.15, -0.1) is 15.0 Å². The number of allylic oxidation sites excluding steroid dienone is 2. The zero-order chi connectivity index (χ0) is 13.9. The van der Waals surface area contributed by atoms with Gasteiger partial charge < -0.3 is 4.90 Å². The Bertz CT molecular complexity index is 644. The normalized spacial score (nSPS) is 18.3. The molecule has 1 aliphatic heterocycles. The molecule has 0 saturated carbocycles. The number of halogens is 1. The molecular weight excluding hydrogens is 274 g/mol. The monoisotopic (exact) mass is 287 g/mol. The van der Waals surface area contributed by atoms with E-state index >= 15 is 0 Å². The van der Waals surface area contributed by atoms with Crippen LogP contribution in [0.4, 0.5) is 0 Å². The Morgan fingerprint density at radius 1 is 1.25 bits per heavy atom. The number of tetrazole rings is 1. The van der Waals surface area contributed by atoms with Crippen molar-refractivity contribution in [1.82, 2.24) is 25.1 Å². The molecule has 0 spiro atoms. The van der Waals surface area contributed by atoms with Gasteiger partial charge in [-0.3, -0.25) is 0 Å². The lowest BCUT2D eigenvalue weighted by molar-refractivity contribution is 0.702. The maximum atomic E-state index is 5.84. The summed E-state index contributed by atoms with van der Waals surface area (Å²) in [5, 5.41) is 12.9. The first-order chi connectivity index (χ1) is 9.72. The summed E-state index contributed by atoms with van der Waals surface area (Å²) in [6.07, 6.45) is 7.77. The topological polar surface area (TPSA) is 46.6 Å². The van der Waals surface area contributed by atoms with Crippen molar-refractivity contribution in [3.8, 4) is 5.69 Å². The minimum atomic E-state index is 0.573. The van der Waals surface area contributed by atoms with Crippen molar-refractivity contribution in [2.45, 2.75) is 13.0 Å². The van der Waals surface area contributed by atoms with Crippen molar-refractivity contribution in [3.63, 3.8) is 0 Å². The van der Waals surface area contributed by atoms with Crippen molar-refractivity contribution < 1.29 is 0 Å². The number of benzene rings is 1. The van der Waals surface area contributed by atoms with Crippen LogP contribution in [0.25, 0.3) is 11.8 Å². The Labute approximate surface area is 122 Å². The van der Waals surface area contributed by atoms with E-state index in [2.05, 4.69) is 33.4 Å². The van der Waals surface area contributed by atoms with Crippen LogP contribution < -0.4 is 0 Å². The van der Waals surface area contributed by atoms with E-state index in [0.29, 0.717) is 16.9 Å². The van der Waals surface area contributed by atoms with Crippen LogP contribution in [0.3, 0.4) is 0 Å². The summed E-state index contributed by atoms with van der Waals surface area (Å²) in [6, 6.07) is 7.95. The van der Waals surface area contributed by atoms with Crippen LogP contribution in [-0.4, -0.2) is 37.7 Å². The lowest BCUT2D eigenvalue weighted by Crippen LogP contribution is -1.98. The summed E-state index contributed by atoms with van der Waals surface area (Å²) >= 11 is 5.84. The van der Waals surface area contributed by atoms with E-state index < -0.39 is 0 Å². The molecule has 1 atom stereocenters. The molecule has 0 radical (unpaired) electrons. The molecule has 1 aromatic heterocycles. The third-order valence-electron chi connectivity index (χ3n) is 3.03. The summed E-state index contributed by atoms with van der Waals surface area (Å²) in [4.78, 5) is 3.72. The van der Waals surface area contributed by atoms with Crippen LogP contribution in [-0.2, 0) is 0 Å². The van der Waals surface area contributed by atoms with Crippen LogP contribution in [0, 0.1) is 0 Å². The Balaban J connectivity index is 1.65. The molecule has 1 saturated heterocycles. The van der Waals surface area contributed by atoms with Crippen molar-refractivity contribution in [2.24, 2.45) is 0 Å². The maximum Gasteiger partial charge on any atom is 0.198 e. The van der Waals surface area contributed by atoms with Gasteiger partial charge >= 0.3 is 0 Å². The van der Waals surface area contributed by atoms with Gasteiger partial charge in [-0.1, -0.05) is 17.7 Å². The number of hydrogen-bond donors (Lipinski definition) is 0. The molecule has 0 amide bonds. The summed E-state index contributed by atoms with van der Waals surface area (Å²) in [6.45, 7) is 3.32. The molecule has 2 aromatic rings. The molecule has 1 aliphatic rings. The van der Waals surface area contributed by atoms with Gasteiger partial charge in [0.1, 0.15) is 0 Å². The number of aromatic nitrogens is 4. The van der Waals surface area contributed by atoms with E-state index in [1.165, 1.54) is 4.80 Å². The smallest absolute Gasteiger partial charge is 0.198 e. The van der Waals surface area contributed by atoms with E-state index in [-0.39, 0.29) is 0 Å². The standard InChI is InChI=1S/C14H14ClN5/c1-11-10-19(11)9-3-2-4-14-16-18-20(17-14)13-7-5-12(15)6-8-13/h2-9,11H,10H2,1H3/b4-2-,9-3-. The van der Waals surface area contributed by atoms with E-state index in [9.17, 15) is 0 Å². The summed E-state index contributed by atoms with van der Waals surface area (Å²) in [5.74, 6) is 0.573. The van der Waals surface area contributed by atoms with Gasteiger partial charge in [0, 0.05) is 17.6 Å². The van der Waals surface area contributed by atoms with Gasteiger partial charge in [0.25, 0.3) is 0 Å². The van der Waals surface area contributed by atoms with Crippen LogP contribution in [0.5, 0.6) is 0 Å². The second-order valence-electron chi connectivity index (χ2n) is 4.66. The van der Waals surface area contributed by atoms with Crippen LogP contribution >= 0.6 is 11.6 Å². The Morgan fingerprint density at radius 3 is 2.70 bits per heavy atom. The molecule has 0 bridgehead atoms. The summed E-state index contributed by atoms with van der Waals surface area (Å²) in [5.41, 5.74) is 0.829. The third kappa shape index (κ3) is 3.05. The average molecular weight is 288 g/mol. The first-order valence-electron chi connectivity index (χ1n) is 6.39. The fourth-order valence-electron chi connectivity index (χ4n) is 1.74. The van der Waals surface area contributed by atoms with Crippen LogP contribution in [0.1, 0.15) is 12.7 Å². The van der Waals surface area contributed by atoms with E-state index in [4.69, 9.17) is 11.6 Å². The van der Waals surface area contributed by atoms with Crippen molar-refractivity contribution in [1.29, 1.82) is 0 Å². The highest BCUT2D eigenvalue weighted by atomic mass is 35.5. The predicted molar refractivity (Wildman–Crippen MR) is 78.5 cm³/mol. The molecule has 5 nitrogen and oxygen atoms in total. The molecule has 3 rings (SSSR count). The summed E-state index contributed by atoms with van der Waals surface area (Å²) in [7, 11) is 0. The van der Waals surface area contributed by atoms with Crippen molar-refractivity contribution >= 4 is 17.7 Å².